The third kappa shape index (κ3) is 4.23. The number of thioether (sulfide) groups is 1. The summed E-state index contributed by atoms with van der Waals surface area (Å²) < 4.78 is 0.409. The predicted octanol–water partition coefficient (Wildman–Crippen LogP) is 3.08. The minimum absolute atomic E-state index is 0.263. The number of hydrogen-bond acceptors (Lipinski definition) is 3. The monoisotopic (exact) mass is 278 g/mol. The van der Waals surface area contributed by atoms with Crippen molar-refractivity contribution in [3.05, 3.63) is 35.9 Å². The first kappa shape index (κ1) is 14.9. The lowest BCUT2D eigenvalue weighted by Crippen LogP contribution is -2.46. The van der Waals surface area contributed by atoms with Gasteiger partial charge in [-0.1, -0.05) is 44.2 Å². The quantitative estimate of drug-likeness (QED) is 0.921. The Kier molecular flexibility index (Phi) is 4.59. The van der Waals surface area contributed by atoms with Crippen molar-refractivity contribution in [1.29, 1.82) is 0 Å². The standard InChI is InChI=1S/C16H26N2S/c1-15(2)9-10-18(11-12-19-15)13-16(3,17)14-7-5-4-6-8-14/h4-8H,9-13,17H2,1-3H3. The Morgan fingerprint density at radius 3 is 2.63 bits per heavy atom. The van der Waals surface area contributed by atoms with Crippen LogP contribution in [0.2, 0.25) is 0 Å². The van der Waals surface area contributed by atoms with Crippen LogP contribution < -0.4 is 5.73 Å². The van der Waals surface area contributed by atoms with Gasteiger partial charge in [0, 0.05) is 23.6 Å². The molecule has 0 saturated carbocycles. The van der Waals surface area contributed by atoms with Crippen LogP contribution in [0.5, 0.6) is 0 Å². The third-order valence-corrected chi connectivity index (χ3v) is 5.29. The molecule has 1 aliphatic heterocycles. The van der Waals surface area contributed by atoms with Crippen LogP contribution in [0.25, 0.3) is 0 Å². The Hall–Kier alpha value is -0.510. The minimum Gasteiger partial charge on any atom is -0.321 e. The van der Waals surface area contributed by atoms with Crippen LogP contribution >= 0.6 is 11.8 Å². The summed E-state index contributed by atoms with van der Waals surface area (Å²) in [5, 5.41) is 0. The van der Waals surface area contributed by atoms with Gasteiger partial charge >= 0.3 is 0 Å². The molecule has 3 heteroatoms. The second-order valence-corrected chi connectivity index (χ2v) is 8.22. The van der Waals surface area contributed by atoms with E-state index in [1.54, 1.807) is 0 Å². The summed E-state index contributed by atoms with van der Waals surface area (Å²) in [6.45, 7) is 10.1. The molecule has 0 radical (unpaired) electrons. The molecule has 19 heavy (non-hydrogen) atoms. The lowest BCUT2D eigenvalue weighted by Gasteiger charge is -2.32. The zero-order chi connectivity index (χ0) is 13.9. The van der Waals surface area contributed by atoms with Crippen molar-refractivity contribution in [3.8, 4) is 0 Å². The Balaban J connectivity index is 2.00. The van der Waals surface area contributed by atoms with Crippen molar-refractivity contribution in [3.63, 3.8) is 0 Å². The minimum atomic E-state index is -0.263. The van der Waals surface area contributed by atoms with Gasteiger partial charge < -0.3 is 10.6 Å². The van der Waals surface area contributed by atoms with Gasteiger partial charge in [0.25, 0.3) is 0 Å². The molecule has 2 N–H and O–H groups in total. The van der Waals surface area contributed by atoms with Crippen LogP contribution in [-0.4, -0.2) is 35.0 Å². The molecule has 1 aliphatic rings. The van der Waals surface area contributed by atoms with Gasteiger partial charge in [-0.15, -0.1) is 0 Å². The molecule has 106 valence electrons. The van der Waals surface area contributed by atoms with Crippen LogP contribution in [-0.2, 0) is 5.54 Å². The van der Waals surface area contributed by atoms with Gasteiger partial charge in [-0.25, -0.2) is 0 Å². The Morgan fingerprint density at radius 1 is 1.26 bits per heavy atom. The molecule has 0 aliphatic carbocycles. The second kappa shape index (κ2) is 5.86. The first-order chi connectivity index (χ1) is 8.89. The van der Waals surface area contributed by atoms with Crippen LogP contribution in [0.4, 0.5) is 0 Å². The Labute approximate surface area is 121 Å². The largest absolute Gasteiger partial charge is 0.321 e. The van der Waals surface area contributed by atoms with E-state index in [1.807, 2.05) is 6.07 Å². The maximum atomic E-state index is 6.54. The number of benzene rings is 1. The summed E-state index contributed by atoms with van der Waals surface area (Å²) in [6.07, 6.45) is 1.24. The average molecular weight is 278 g/mol. The number of nitrogens with two attached hydrogens (primary N) is 1. The van der Waals surface area contributed by atoms with Crippen molar-refractivity contribution in [1.82, 2.24) is 4.90 Å². The Bertz CT molecular complexity index is 400. The summed E-state index contributed by atoms with van der Waals surface area (Å²) in [5.41, 5.74) is 7.50. The fraction of sp³-hybridized carbons (Fsp3) is 0.625. The highest BCUT2D eigenvalue weighted by Crippen LogP contribution is 2.31. The molecule has 2 nitrogen and oxygen atoms in total. The number of nitrogens with zero attached hydrogens (tertiary/aromatic N) is 1. The van der Waals surface area contributed by atoms with E-state index >= 15 is 0 Å². The van der Waals surface area contributed by atoms with E-state index in [-0.39, 0.29) is 5.54 Å². The highest BCUT2D eigenvalue weighted by Gasteiger charge is 2.28. The van der Waals surface area contributed by atoms with Gasteiger partial charge in [0.2, 0.25) is 0 Å². The summed E-state index contributed by atoms with van der Waals surface area (Å²) >= 11 is 2.08. The molecule has 1 aromatic carbocycles. The maximum absolute atomic E-state index is 6.54. The molecular formula is C16H26N2S. The molecule has 0 spiro atoms. The van der Waals surface area contributed by atoms with Crippen molar-refractivity contribution in [2.75, 3.05) is 25.4 Å². The van der Waals surface area contributed by atoms with Crippen molar-refractivity contribution >= 4 is 11.8 Å². The van der Waals surface area contributed by atoms with Crippen LogP contribution in [0.15, 0.2) is 30.3 Å². The maximum Gasteiger partial charge on any atom is 0.0509 e. The molecule has 1 heterocycles. The third-order valence-electron chi connectivity index (χ3n) is 3.92. The highest BCUT2D eigenvalue weighted by atomic mass is 32.2. The van der Waals surface area contributed by atoms with Gasteiger partial charge in [-0.3, -0.25) is 0 Å². The lowest BCUT2D eigenvalue weighted by molar-refractivity contribution is 0.225. The number of hydrogen-bond donors (Lipinski definition) is 1. The van der Waals surface area contributed by atoms with Gasteiger partial charge in [-0.05, 0) is 25.5 Å². The van der Waals surface area contributed by atoms with Crippen LogP contribution in [0, 0.1) is 0 Å². The number of rotatable bonds is 3. The topological polar surface area (TPSA) is 29.3 Å². The average Bonchev–Trinajstić information content (AvgIpc) is 2.52. The fourth-order valence-electron chi connectivity index (χ4n) is 2.60. The van der Waals surface area contributed by atoms with Gasteiger partial charge in [0.15, 0.2) is 0 Å². The molecule has 0 aromatic heterocycles. The van der Waals surface area contributed by atoms with E-state index in [0.717, 1.165) is 19.6 Å². The molecule has 1 fully saturated rings. The first-order valence-electron chi connectivity index (χ1n) is 7.10. The van der Waals surface area contributed by atoms with Gasteiger partial charge in [0.1, 0.15) is 0 Å². The molecule has 1 saturated heterocycles. The van der Waals surface area contributed by atoms with E-state index < -0.39 is 0 Å². The zero-order valence-corrected chi connectivity index (χ0v) is 13.2. The van der Waals surface area contributed by atoms with E-state index in [2.05, 4.69) is 61.7 Å². The summed E-state index contributed by atoms with van der Waals surface area (Å²) in [7, 11) is 0. The molecule has 1 aromatic rings. The van der Waals surface area contributed by atoms with Crippen molar-refractivity contribution < 1.29 is 0 Å². The highest BCUT2D eigenvalue weighted by molar-refractivity contribution is 8.00. The fourth-order valence-corrected chi connectivity index (χ4v) is 3.73. The zero-order valence-electron chi connectivity index (χ0n) is 12.4. The molecule has 0 bridgehead atoms. The van der Waals surface area contributed by atoms with E-state index in [4.69, 9.17) is 5.73 Å². The summed E-state index contributed by atoms with van der Waals surface area (Å²) in [5.74, 6) is 1.21. The van der Waals surface area contributed by atoms with Crippen molar-refractivity contribution in [2.45, 2.75) is 37.5 Å². The van der Waals surface area contributed by atoms with Crippen LogP contribution in [0.1, 0.15) is 32.8 Å². The van der Waals surface area contributed by atoms with Crippen molar-refractivity contribution in [2.24, 2.45) is 5.73 Å². The van der Waals surface area contributed by atoms with Gasteiger partial charge in [0.05, 0.1) is 5.54 Å². The van der Waals surface area contributed by atoms with E-state index in [9.17, 15) is 0 Å². The molecule has 1 unspecified atom stereocenters. The normalized spacial score (nSPS) is 23.6. The molecular weight excluding hydrogens is 252 g/mol. The van der Waals surface area contributed by atoms with Crippen LogP contribution in [0.3, 0.4) is 0 Å². The van der Waals surface area contributed by atoms with Gasteiger partial charge in [-0.2, -0.15) is 11.8 Å². The molecule has 1 atom stereocenters. The predicted molar refractivity (Wildman–Crippen MR) is 85.6 cm³/mol. The SMILES string of the molecule is CC1(C)CCN(CC(C)(N)c2ccccc2)CCS1. The van der Waals surface area contributed by atoms with E-state index in [0.29, 0.717) is 4.75 Å². The summed E-state index contributed by atoms with van der Waals surface area (Å²) in [4.78, 5) is 2.52. The smallest absolute Gasteiger partial charge is 0.0509 e. The molecule has 2 rings (SSSR count). The Morgan fingerprint density at radius 2 is 1.95 bits per heavy atom. The van der Waals surface area contributed by atoms with E-state index in [1.165, 1.54) is 17.7 Å². The lowest BCUT2D eigenvalue weighted by atomic mass is 9.92. The molecule has 0 amide bonds. The first-order valence-corrected chi connectivity index (χ1v) is 8.08. The summed E-state index contributed by atoms with van der Waals surface area (Å²) in [6, 6.07) is 10.5. The second-order valence-electron chi connectivity index (χ2n) is 6.42.